The molecule has 1 heterocycles. The zero-order valence-electron chi connectivity index (χ0n) is 16.9. The molecule has 0 aliphatic carbocycles. The molecule has 0 fully saturated rings. The summed E-state index contributed by atoms with van der Waals surface area (Å²) in [6.45, 7) is 5.98. The van der Waals surface area contributed by atoms with E-state index in [9.17, 15) is 22.4 Å². The maximum atomic E-state index is 14.6. The second-order valence-corrected chi connectivity index (χ2v) is 7.71. The van der Waals surface area contributed by atoms with Crippen LogP contribution in [-0.4, -0.2) is 24.7 Å². The molecule has 0 atom stereocenters. The van der Waals surface area contributed by atoms with Crippen molar-refractivity contribution < 1.29 is 22.4 Å². The number of hydrogen-bond acceptors (Lipinski definition) is 3. The number of likely N-dealkylation sites (N-methyl/N-ethyl adjacent to an activating group) is 1. The molecule has 0 spiro atoms. The Labute approximate surface area is 171 Å². The molecule has 0 radical (unpaired) electrons. The first-order valence-corrected chi connectivity index (χ1v) is 9.18. The molecule has 3 rings (SSSR count). The Hall–Kier alpha value is -3.16. The van der Waals surface area contributed by atoms with Crippen molar-refractivity contribution in [3.8, 4) is 0 Å². The quantitative estimate of drug-likeness (QED) is 0.420. The molecule has 8 heteroatoms. The number of allylic oxidation sites excluding steroid dienone is 1. The average Bonchev–Trinajstić information content (AvgIpc) is 2.66. The number of alkyl halides is 3. The van der Waals surface area contributed by atoms with Crippen molar-refractivity contribution in [1.82, 2.24) is 5.43 Å². The fraction of sp³-hybridized carbons (Fsp3) is 0.273. The summed E-state index contributed by atoms with van der Waals surface area (Å²) in [5.74, 6) is -1.35. The van der Waals surface area contributed by atoms with Gasteiger partial charge < -0.3 is 4.90 Å². The molecule has 1 aliphatic rings. The van der Waals surface area contributed by atoms with E-state index in [4.69, 9.17) is 0 Å². The summed E-state index contributed by atoms with van der Waals surface area (Å²) in [7, 11) is 1.88. The molecule has 158 valence electrons. The highest BCUT2D eigenvalue weighted by molar-refractivity contribution is 5.95. The number of hydrazone groups is 1. The van der Waals surface area contributed by atoms with Gasteiger partial charge in [-0.1, -0.05) is 12.1 Å². The second kappa shape index (κ2) is 7.59. The Morgan fingerprint density at radius 1 is 1.20 bits per heavy atom. The van der Waals surface area contributed by atoms with E-state index in [1.807, 2.05) is 32.7 Å². The maximum Gasteiger partial charge on any atom is 0.416 e. The largest absolute Gasteiger partial charge is 0.416 e. The van der Waals surface area contributed by atoms with Crippen molar-refractivity contribution in [2.45, 2.75) is 32.5 Å². The summed E-state index contributed by atoms with van der Waals surface area (Å²) in [6, 6.07) is 7.02. The van der Waals surface area contributed by atoms with Crippen LogP contribution >= 0.6 is 0 Å². The molecule has 0 aromatic heterocycles. The van der Waals surface area contributed by atoms with Crippen LogP contribution < -0.4 is 10.3 Å². The van der Waals surface area contributed by atoms with E-state index >= 15 is 0 Å². The van der Waals surface area contributed by atoms with Crippen LogP contribution in [0.2, 0.25) is 0 Å². The van der Waals surface area contributed by atoms with Crippen LogP contribution in [0.1, 0.15) is 47.8 Å². The highest BCUT2D eigenvalue weighted by Gasteiger charge is 2.31. The van der Waals surface area contributed by atoms with Crippen LogP contribution in [0.4, 0.5) is 23.2 Å². The van der Waals surface area contributed by atoms with Gasteiger partial charge in [-0.15, -0.1) is 0 Å². The van der Waals surface area contributed by atoms with Crippen molar-refractivity contribution in [3.05, 3.63) is 70.5 Å². The second-order valence-electron chi connectivity index (χ2n) is 7.71. The van der Waals surface area contributed by atoms with Crippen molar-refractivity contribution in [2.24, 2.45) is 5.10 Å². The molecule has 30 heavy (non-hydrogen) atoms. The third-order valence-electron chi connectivity index (χ3n) is 5.16. The third kappa shape index (κ3) is 4.22. The first-order valence-electron chi connectivity index (χ1n) is 9.18. The fourth-order valence-corrected chi connectivity index (χ4v) is 3.35. The molecule has 1 N–H and O–H groups in total. The number of fused-ring (bicyclic) bond motifs is 1. The van der Waals surface area contributed by atoms with Crippen LogP contribution in [0.25, 0.3) is 5.57 Å². The molecular weight excluding hydrogens is 398 g/mol. The standard InChI is InChI=1S/C22H21F4N3O/c1-13-11-21(2,3)29(4)19-10-18(23)15(9-17(13)19)12-27-28-20(30)14-6-5-7-16(8-14)22(24,25)26/h5-12H,1-4H3,(H,28,30)/b27-12-. The maximum absolute atomic E-state index is 14.6. The summed E-state index contributed by atoms with van der Waals surface area (Å²) >= 11 is 0. The van der Waals surface area contributed by atoms with Crippen LogP contribution in [0.5, 0.6) is 0 Å². The van der Waals surface area contributed by atoms with Crippen molar-refractivity contribution >= 4 is 23.4 Å². The molecule has 0 saturated heterocycles. The molecule has 0 unspecified atom stereocenters. The summed E-state index contributed by atoms with van der Waals surface area (Å²) in [4.78, 5) is 14.1. The Morgan fingerprint density at radius 3 is 2.57 bits per heavy atom. The van der Waals surface area contributed by atoms with E-state index in [1.165, 1.54) is 12.1 Å². The predicted molar refractivity (Wildman–Crippen MR) is 109 cm³/mol. The van der Waals surface area contributed by atoms with Gasteiger partial charge in [0.25, 0.3) is 5.91 Å². The lowest BCUT2D eigenvalue weighted by molar-refractivity contribution is -0.137. The van der Waals surface area contributed by atoms with Crippen molar-refractivity contribution in [2.75, 3.05) is 11.9 Å². The van der Waals surface area contributed by atoms with Gasteiger partial charge in [0.2, 0.25) is 0 Å². The summed E-state index contributed by atoms with van der Waals surface area (Å²) in [6.07, 6.45) is -1.35. The molecule has 0 saturated carbocycles. The van der Waals surface area contributed by atoms with E-state index in [0.29, 0.717) is 0 Å². The van der Waals surface area contributed by atoms with Crippen LogP contribution in [0.3, 0.4) is 0 Å². The van der Waals surface area contributed by atoms with Crippen LogP contribution in [-0.2, 0) is 6.18 Å². The molecule has 2 aromatic rings. The first-order chi connectivity index (χ1) is 13.9. The Kier molecular flexibility index (Phi) is 5.45. The number of benzene rings is 2. The summed E-state index contributed by atoms with van der Waals surface area (Å²) < 4.78 is 52.9. The van der Waals surface area contributed by atoms with Gasteiger partial charge in [-0.05, 0) is 56.7 Å². The number of carbonyl (C=O) groups excluding carboxylic acids is 1. The lowest BCUT2D eigenvalue weighted by atomic mass is 9.88. The zero-order valence-corrected chi connectivity index (χ0v) is 16.9. The normalized spacial score (nSPS) is 15.7. The molecule has 2 aromatic carbocycles. The topological polar surface area (TPSA) is 44.7 Å². The molecule has 0 bridgehead atoms. The van der Waals surface area contributed by atoms with Gasteiger partial charge in [0.15, 0.2) is 0 Å². The van der Waals surface area contributed by atoms with E-state index in [1.54, 1.807) is 6.07 Å². The predicted octanol–water partition coefficient (Wildman–Crippen LogP) is 5.24. The number of anilines is 1. The highest BCUT2D eigenvalue weighted by Crippen LogP contribution is 2.38. The van der Waals surface area contributed by atoms with Gasteiger partial charge in [0, 0.05) is 29.4 Å². The fourth-order valence-electron chi connectivity index (χ4n) is 3.35. The number of carbonyl (C=O) groups is 1. The number of nitrogens with one attached hydrogen (secondary N) is 1. The van der Waals surface area contributed by atoms with Gasteiger partial charge >= 0.3 is 6.18 Å². The van der Waals surface area contributed by atoms with Crippen LogP contribution in [0, 0.1) is 5.82 Å². The minimum Gasteiger partial charge on any atom is -0.365 e. The molecular formula is C22H21F4N3O. The number of nitrogens with zero attached hydrogens (tertiary/aromatic N) is 2. The number of rotatable bonds is 3. The van der Waals surface area contributed by atoms with Gasteiger partial charge in [-0.3, -0.25) is 4.79 Å². The Bertz CT molecular complexity index is 1050. The Balaban J connectivity index is 1.81. The first kappa shape index (κ1) is 21.5. The average molecular weight is 419 g/mol. The molecule has 1 aliphatic heterocycles. The molecule has 4 nitrogen and oxygen atoms in total. The summed E-state index contributed by atoms with van der Waals surface area (Å²) in [5.41, 5.74) is 3.45. The lowest BCUT2D eigenvalue weighted by Gasteiger charge is -2.40. The minimum absolute atomic E-state index is 0.152. The van der Waals surface area contributed by atoms with Gasteiger partial charge in [-0.25, -0.2) is 9.82 Å². The van der Waals surface area contributed by atoms with Crippen LogP contribution in [0.15, 0.2) is 47.6 Å². The van der Waals surface area contributed by atoms with E-state index < -0.39 is 23.5 Å². The van der Waals surface area contributed by atoms with Gasteiger partial charge in [0.05, 0.1) is 17.3 Å². The zero-order chi connectivity index (χ0) is 22.3. The van der Waals surface area contributed by atoms with E-state index in [0.717, 1.165) is 41.2 Å². The monoisotopic (exact) mass is 419 g/mol. The van der Waals surface area contributed by atoms with Gasteiger partial charge in [0.1, 0.15) is 5.82 Å². The van der Waals surface area contributed by atoms with E-state index in [2.05, 4.69) is 16.6 Å². The number of hydrogen-bond donors (Lipinski definition) is 1. The smallest absolute Gasteiger partial charge is 0.365 e. The van der Waals surface area contributed by atoms with Gasteiger partial charge in [-0.2, -0.15) is 18.3 Å². The van der Waals surface area contributed by atoms with E-state index in [-0.39, 0.29) is 16.7 Å². The van der Waals surface area contributed by atoms with Crippen molar-refractivity contribution in [3.63, 3.8) is 0 Å². The summed E-state index contributed by atoms with van der Waals surface area (Å²) in [5, 5.41) is 3.71. The highest BCUT2D eigenvalue weighted by atomic mass is 19.4. The minimum atomic E-state index is -4.56. The number of amides is 1. The lowest BCUT2D eigenvalue weighted by Crippen LogP contribution is -2.42. The Morgan fingerprint density at radius 2 is 1.90 bits per heavy atom. The van der Waals surface area contributed by atoms with Crippen molar-refractivity contribution in [1.29, 1.82) is 0 Å². The number of halogens is 4. The third-order valence-corrected chi connectivity index (χ3v) is 5.16. The molecule has 1 amide bonds. The SMILES string of the molecule is CC1=CC(C)(C)N(C)c2cc(F)c(/C=N\NC(=O)c3cccc(C(F)(F)F)c3)cc21.